The number of aliphatic carboxylic acids is 1. The lowest BCUT2D eigenvalue weighted by Gasteiger charge is -2.09. The fourth-order valence-corrected chi connectivity index (χ4v) is 1.77. The number of carboxylic acids is 1. The number of hydrogen-bond acceptors (Lipinski definition) is 5. The van der Waals surface area contributed by atoms with Crippen LogP contribution in [0.25, 0.3) is 0 Å². The predicted octanol–water partition coefficient (Wildman–Crippen LogP) is 1.73. The van der Waals surface area contributed by atoms with Crippen molar-refractivity contribution in [3.63, 3.8) is 0 Å². The Morgan fingerprint density at radius 1 is 1.15 bits per heavy atom. The fourth-order valence-electron chi connectivity index (χ4n) is 1.77. The maximum atomic E-state index is 10.8. The number of benzene rings is 1. The number of nitrogens with zero attached hydrogens (tertiary/aromatic N) is 3. The third-order valence-electron chi connectivity index (χ3n) is 2.99. The molecule has 0 saturated carbocycles. The summed E-state index contributed by atoms with van der Waals surface area (Å²) in [6, 6.07) is 7.40. The van der Waals surface area contributed by atoms with Gasteiger partial charge in [-0.2, -0.15) is 5.10 Å². The van der Waals surface area contributed by atoms with Gasteiger partial charge in [-0.05, 0) is 25.0 Å². The number of aryl methyl sites for hydroxylation is 2. The average molecular weight is 272 g/mol. The first-order valence-electron chi connectivity index (χ1n) is 6.26. The van der Waals surface area contributed by atoms with E-state index in [0.717, 1.165) is 22.5 Å². The van der Waals surface area contributed by atoms with Gasteiger partial charge in [-0.15, -0.1) is 5.10 Å². The van der Waals surface area contributed by atoms with E-state index in [0.29, 0.717) is 12.5 Å². The summed E-state index contributed by atoms with van der Waals surface area (Å²) in [7, 11) is 0. The van der Waals surface area contributed by atoms with Gasteiger partial charge in [-0.3, -0.25) is 4.79 Å². The maximum absolute atomic E-state index is 10.8. The zero-order chi connectivity index (χ0) is 14.5. The molecule has 0 atom stereocenters. The number of carbonyl (C=O) groups is 1. The van der Waals surface area contributed by atoms with Gasteiger partial charge < -0.3 is 10.4 Å². The van der Waals surface area contributed by atoms with Crippen LogP contribution in [0.1, 0.15) is 22.5 Å². The minimum Gasteiger partial charge on any atom is -0.481 e. The van der Waals surface area contributed by atoms with E-state index in [1.165, 1.54) is 0 Å². The predicted molar refractivity (Wildman–Crippen MR) is 74.4 cm³/mol. The monoisotopic (exact) mass is 272 g/mol. The highest BCUT2D eigenvalue weighted by atomic mass is 16.4. The Kier molecular flexibility index (Phi) is 4.24. The molecule has 0 amide bonds. The zero-order valence-corrected chi connectivity index (χ0v) is 11.4. The van der Waals surface area contributed by atoms with Crippen LogP contribution >= 0.6 is 0 Å². The molecule has 1 aromatic heterocycles. The number of rotatable bonds is 5. The van der Waals surface area contributed by atoms with E-state index < -0.39 is 5.97 Å². The van der Waals surface area contributed by atoms with E-state index >= 15 is 0 Å². The Labute approximate surface area is 116 Å². The summed E-state index contributed by atoms with van der Waals surface area (Å²) in [6.45, 7) is 4.18. The molecular formula is C14H16N4O2. The first kappa shape index (κ1) is 13.9. The van der Waals surface area contributed by atoms with Crippen LogP contribution in [0.2, 0.25) is 0 Å². The third kappa shape index (κ3) is 3.50. The van der Waals surface area contributed by atoms with Crippen molar-refractivity contribution in [3.8, 4) is 0 Å². The Morgan fingerprint density at radius 2 is 1.85 bits per heavy atom. The lowest BCUT2D eigenvalue weighted by atomic mass is 10.0. The maximum Gasteiger partial charge on any atom is 0.307 e. The molecule has 0 aliphatic heterocycles. The van der Waals surface area contributed by atoms with Crippen LogP contribution < -0.4 is 5.32 Å². The van der Waals surface area contributed by atoms with Crippen molar-refractivity contribution < 1.29 is 9.90 Å². The minimum absolute atomic E-state index is 0.00386. The first-order valence-corrected chi connectivity index (χ1v) is 6.26. The molecule has 20 heavy (non-hydrogen) atoms. The Bertz CT molecular complexity index is 628. The highest BCUT2D eigenvalue weighted by Crippen LogP contribution is 2.11. The summed E-state index contributed by atoms with van der Waals surface area (Å²) >= 11 is 0. The quantitative estimate of drug-likeness (QED) is 0.861. The normalized spacial score (nSPS) is 10.3. The molecular weight excluding hydrogens is 256 g/mol. The number of nitrogens with one attached hydrogen (secondary N) is 1. The smallest absolute Gasteiger partial charge is 0.307 e. The summed E-state index contributed by atoms with van der Waals surface area (Å²) < 4.78 is 0. The second-order valence-electron chi connectivity index (χ2n) is 4.50. The van der Waals surface area contributed by atoms with Crippen LogP contribution in [0.15, 0.2) is 24.3 Å². The van der Waals surface area contributed by atoms with Crippen molar-refractivity contribution in [2.75, 3.05) is 5.32 Å². The van der Waals surface area contributed by atoms with Crippen molar-refractivity contribution in [1.29, 1.82) is 0 Å². The SMILES string of the molecule is Cc1nnc(NCc2ccccc2CC(=O)O)nc1C. The molecule has 6 heteroatoms. The van der Waals surface area contributed by atoms with Crippen LogP contribution in [0.5, 0.6) is 0 Å². The van der Waals surface area contributed by atoms with E-state index in [-0.39, 0.29) is 6.42 Å². The van der Waals surface area contributed by atoms with Gasteiger partial charge in [0.05, 0.1) is 17.8 Å². The molecule has 2 rings (SSSR count). The second kappa shape index (κ2) is 6.10. The molecule has 0 radical (unpaired) electrons. The number of anilines is 1. The van der Waals surface area contributed by atoms with E-state index in [9.17, 15) is 4.79 Å². The number of hydrogen-bond donors (Lipinski definition) is 2. The fraction of sp³-hybridized carbons (Fsp3) is 0.286. The summed E-state index contributed by atoms with van der Waals surface area (Å²) in [5.74, 6) is -0.403. The molecule has 0 bridgehead atoms. The topological polar surface area (TPSA) is 88.0 Å². The lowest BCUT2D eigenvalue weighted by Crippen LogP contribution is -2.10. The first-order chi connectivity index (χ1) is 9.56. The highest BCUT2D eigenvalue weighted by Gasteiger charge is 2.07. The lowest BCUT2D eigenvalue weighted by molar-refractivity contribution is -0.136. The van der Waals surface area contributed by atoms with Crippen molar-refractivity contribution in [2.45, 2.75) is 26.8 Å². The Balaban J connectivity index is 2.10. The molecule has 104 valence electrons. The Morgan fingerprint density at radius 3 is 2.50 bits per heavy atom. The number of carboxylic acid groups (broad SMARTS) is 1. The molecule has 2 aromatic rings. The zero-order valence-electron chi connectivity index (χ0n) is 11.4. The molecule has 0 aliphatic carbocycles. The van der Waals surface area contributed by atoms with Crippen LogP contribution in [0.4, 0.5) is 5.95 Å². The van der Waals surface area contributed by atoms with Gasteiger partial charge in [0.15, 0.2) is 0 Å². The van der Waals surface area contributed by atoms with Gasteiger partial charge >= 0.3 is 5.97 Å². The Hall–Kier alpha value is -2.50. The summed E-state index contributed by atoms with van der Waals surface area (Å²) in [5.41, 5.74) is 3.31. The van der Waals surface area contributed by atoms with Crippen molar-refractivity contribution in [2.24, 2.45) is 0 Å². The third-order valence-corrected chi connectivity index (χ3v) is 2.99. The minimum atomic E-state index is -0.846. The molecule has 2 N–H and O–H groups in total. The van der Waals surface area contributed by atoms with Crippen LogP contribution in [-0.4, -0.2) is 26.3 Å². The van der Waals surface area contributed by atoms with Gasteiger partial charge in [-0.25, -0.2) is 4.98 Å². The van der Waals surface area contributed by atoms with Crippen molar-refractivity contribution >= 4 is 11.9 Å². The van der Waals surface area contributed by atoms with Gasteiger partial charge in [0.1, 0.15) is 0 Å². The van der Waals surface area contributed by atoms with Crippen LogP contribution in [0, 0.1) is 13.8 Å². The molecule has 0 spiro atoms. The molecule has 6 nitrogen and oxygen atoms in total. The highest BCUT2D eigenvalue weighted by molar-refractivity contribution is 5.70. The summed E-state index contributed by atoms with van der Waals surface area (Å²) in [6.07, 6.45) is 0.00386. The summed E-state index contributed by atoms with van der Waals surface area (Å²) in [5, 5.41) is 19.9. The largest absolute Gasteiger partial charge is 0.481 e. The van der Waals surface area contributed by atoms with Gasteiger partial charge in [0, 0.05) is 6.54 Å². The van der Waals surface area contributed by atoms with Gasteiger partial charge in [-0.1, -0.05) is 24.3 Å². The van der Waals surface area contributed by atoms with E-state index in [1.807, 2.05) is 38.1 Å². The number of aromatic nitrogens is 3. The van der Waals surface area contributed by atoms with E-state index in [2.05, 4.69) is 20.5 Å². The molecule has 1 aromatic carbocycles. The van der Waals surface area contributed by atoms with Crippen LogP contribution in [0.3, 0.4) is 0 Å². The van der Waals surface area contributed by atoms with Gasteiger partial charge in [0.25, 0.3) is 0 Å². The molecule has 0 saturated heterocycles. The average Bonchev–Trinajstić information content (AvgIpc) is 2.41. The molecule has 0 aliphatic rings. The van der Waals surface area contributed by atoms with Crippen LogP contribution in [-0.2, 0) is 17.8 Å². The molecule has 0 unspecified atom stereocenters. The van der Waals surface area contributed by atoms with Gasteiger partial charge in [0.2, 0.25) is 5.95 Å². The standard InChI is InChI=1S/C14H16N4O2/c1-9-10(2)17-18-14(16-9)15-8-12-6-4-3-5-11(12)7-13(19)20/h3-6H,7-8H2,1-2H3,(H,19,20)(H,15,16,18). The van der Waals surface area contributed by atoms with Crippen molar-refractivity contribution in [3.05, 3.63) is 46.8 Å². The van der Waals surface area contributed by atoms with E-state index in [1.54, 1.807) is 0 Å². The molecule has 1 heterocycles. The second-order valence-corrected chi connectivity index (χ2v) is 4.50. The summed E-state index contributed by atoms with van der Waals surface area (Å²) in [4.78, 5) is 15.1. The molecule has 0 fully saturated rings. The van der Waals surface area contributed by atoms with E-state index in [4.69, 9.17) is 5.11 Å². The van der Waals surface area contributed by atoms with Crippen molar-refractivity contribution in [1.82, 2.24) is 15.2 Å².